The first-order chi connectivity index (χ1) is 6.63. The van der Waals surface area contributed by atoms with E-state index in [2.05, 4.69) is 5.92 Å². The van der Waals surface area contributed by atoms with Crippen LogP contribution in [0.5, 0.6) is 0 Å². The van der Waals surface area contributed by atoms with Crippen molar-refractivity contribution in [1.82, 2.24) is 0 Å². The van der Waals surface area contributed by atoms with E-state index in [1.165, 1.54) is 0 Å². The molecule has 0 aliphatic heterocycles. The van der Waals surface area contributed by atoms with Crippen molar-refractivity contribution < 1.29 is 14.7 Å². The molecule has 3 heteroatoms. The Kier molecular flexibility index (Phi) is 3.03. The lowest BCUT2D eigenvalue weighted by Crippen LogP contribution is -2.14. The van der Waals surface area contributed by atoms with Crippen molar-refractivity contribution >= 4 is 11.8 Å². The number of aliphatic carboxylic acids is 1. The molecule has 1 rings (SSSR count). The maximum absolute atomic E-state index is 10.8. The van der Waals surface area contributed by atoms with E-state index in [1.807, 2.05) is 0 Å². The Hall–Kier alpha value is -2.08. The fourth-order valence-electron chi connectivity index (χ4n) is 0.980. The molecule has 0 spiro atoms. The fourth-order valence-corrected chi connectivity index (χ4v) is 0.980. The molecule has 0 amide bonds. The topological polar surface area (TPSA) is 54.4 Å². The second-order valence-electron chi connectivity index (χ2n) is 2.75. The van der Waals surface area contributed by atoms with Crippen LogP contribution >= 0.6 is 0 Å². The van der Waals surface area contributed by atoms with Gasteiger partial charge in [0.25, 0.3) is 0 Å². The minimum atomic E-state index is -1.41. The molecule has 0 bridgehead atoms. The molecule has 70 valence electrons. The number of carboxylic acid groups (broad SMARTS) is 1. The monoisotopic (exact) mass is 188 g/mol. The molecule has 0 saturated heterocycles. The molecule has 0 fully saturated rings. The Balaban J connectivity index is 2.75. The van der Waals surface area contributed by atoms with E-state index in [4.69, 9.17) is 11.5 Å². The number of hydrogen-bond acceptors (Lipinski definition) is 2. The van der Waals surface area contributed by atoms with Gasteiger partial charge in [-0.15, -0.1) is 6.42 Å². The summed E-state index contributed by atoms with van der Waals surface area (Å²) < 4.78 is 0. The molecule has 14 heavy (non-hydrogen) atoms. The van der Waals surface area contributed by atoms with Gasteiger partial charge < -0.3 is 5.11 Å². The van der Waals surface area contributed by atoms with Crippen LogP contribution in [0.1, 0.15) is 11.1 Å². The zero-order valence-corrected chi connectivity index (χ0v) is 7.36. The molecule has 0 atom stereocenters. The minimum Gasteiger partial charge on any atom is -0.475 e. The molecule has 0 saturated carbocycles. The Labute approximate surface area is 81.4 Å². The fraction of sp³-hybridized carbons (Fsp3) is 0.0909. The average Bonchev–Trinajstić information content (AvgIpc) is 2.19. The summed E-state index contributed by atoms with van der Waals surface area (Å²) in [6.07, 6.45) is 5.04. The Morgan fingerprint density at radius 2 is 1.86 bits per heavy atom. The van der Waals surface area contributed by atoms with E-state index in [0.29, 0.717) is 11.1 Å². The second kappa shape index (κ2) is 4.24. The predicted octanol–water partition coefficient (Wildman–Crippen LogP) is 0.864. The van der Waals surface area contributed by atoms with E-state index < -0.39 is 11.8 Å². The number of terminal acetylenes is 1. The van der Waals surface area contributed by atoms with Crippen molar-refractivity contribution in [3.8, 4) is 12.3 Å². The number of rotatable bonds is 3. The van der Waals surface area contributed by atoms with Gasteiger partial charge in [-0.1, -0.05) is 18.1 Å². The molecule has 0 aromatic heterocycles. The van der Waals surface area contributed by atoms with Crippen LogP contribution in [0.3, 0.4) is 0 Å². The van der Waals surface area contributed by atoms with Gasteiger partial charge in [-0.2, -0.15) is 0 Å². The summed E-state index contributed by atoms with van der Waals surface area (Å²) >= 11 is 0. The van der Waals surface area contributed by atoms with E-state index in [9.17, 15) is 9.59 Å². The zero-order valence-electron chi connectivity index (χ0n) is 7.36. The van der Waals surface area contributed by atoms with Gasteiger partial charge in [0.05, 0.1) is 0 Å². The van der Waals surface area contributed by atoms with Gasteiger partial charge in [-0.3, -0.25) is 4.79 Å². The Morgan fingerprint density at radius 3 is 2.29 bits per heavy atom. The molecular weight excluding hydrogens is 180 g/mol. The van der Waals surface area contributed by atoms with E-state index >= 15 is 0 Å². The van der Waals surface area contributed by atoms with E-state index in [0.717, 1.165) is 0 Å². The molecular formula is C11H8O3. The summed E-state index contributed by atoms with van der Waals surface area (Å²) in [4.78, 5) is 21.1. The normalized spacial score (nSPS) is 9.07. The van der Waals surface area contributed by atoms with Crippen LogP contribution in [-0.4, -0.2) is 16.9 Å². The largest absolute Gasteiger partial charge is 0.475 e. The van der Waals surface area contributed by atoms with Crippen LogP contribution < -0.4 is 0 Å². The summed E-state index contributed by atoms with van der Waals surface area (Å²) in [5.74, 6) is 0.197. The van der Waals surface area contributed by atoms with Crippen LogP contribution in [0.25, 0.3) is 0 Å². The van der Waals surface area contributed by atoms with Gasteiger partial charge in [0.2, 0.25) is 5.78 Å². The highest BCUT2D eigenvalue weighted by atomic mass is 16.4. The number of ketones is 1. The Morgan fingerprint density at radius 1 is 1.29 bits per heavy atom. The maximum Gasteiger partial charge on any atom is 0.372 e. The average molecular weight is 188 g/mol. The van der Waals surface area contributed by atoms with Crippen molar-refractivity contribution in [3.05, 3.63) is 35.4 Å². The lowest BCUT2D eigenvalue weighted by Gasteiger charge is -1.97. The third kappa shape index (κ3) is 2.46. The SMILES string of the molecule is C#Cc1ccc(CC(=O)C(=O)O)cc1. The smallest absolute Gasteiger partial charge is 0.372 e. The maximum atomic E-state index is 10.8. The van der Waals surface area contributed by atoms with Gasteiger partial charge in [-0.25, -0.2) is 4.79 Å². The van der Waals surface area contributed by atoms with Crippen molar-refractivity contribution in [2.75, 3.05) is 0 Å². The minimum absolute atomic E-state index is 0.0970. The van der Waals surface area contributed by atoms with Crippen molar-refractivity contribution in [2.45, 2.75) is 6.42 Å². The number of carboxylic acids is 1. The standard InChI is InChI=1S/C11H8O3/c1-2-8-3-5-9(6-4-8)7-10(12)11(13)14/h1,3-6H,7H2,(H,13,14). The number of Topliss-reactive ketones (excluding diaryl/α,β-unsaturated/α-hetero) is 1. The van der Waals surface area contributed by atoms with Gasteiger partial charge in [0.15, 0.2) is 0 Å². The highest BCUT2D eigenvalue weighted by Crippen LogP contribution is 2.04. The molecule has 3 nitrogen and oxygen atoms in total. The number of benzene rings is 1. The van der Waals surface area contributed by atoms with Gasteiger partial charge in [-0.05, 0) is 17.7 Å². The highest BCUT2D eigenvalue weighted by molar-refractivity contribution is 6.33. The summed E-state index contributed by atoms with van der Waals surface area (Å²) in [5, 5.41) is 8.36. The first kappa shape index (κ1) is 10.0. The van der Waals surface area contributed by atoms with Gasteiger partial charge in [0, 0.05) is 12.0 Å². The van der Waals surface area contributed by atoms with Gasteiger partial charge >= 0.3 is 5.97 Å². The van der Waals surface area contributed by atoms with Crippen LogP contribution in [0.15, 0.2) is 24.3 Å². The van der Waals surface area contributed by atoms with Crippen molar-refractivity contribution in [2.24, 2.45) is 0 Å². The molecule has 1 aromatic rings. The van der Waals surface area contributed by atoms with Crippen molar-refractivity contribution in [3.63, 3.8) is 0 Å². The van der Waals surface area contributed by atoms with Crippen LogP contribution in [0, 0.1) is 12.3 Å². The quantitative estimate of drug-likeness (QED) is 0.565. The third-order valence-electron chi connectivity index (χ3n) is 1.72. The van der Waals surface area contributed by atoms with Gasteiger partial charge in [0.1, 0.15) is 0 Å². The molecule has 0 heterocycles. The molecule has 1 N–H and O–H groups in total. The lowest BCUT2D eigenvalue weighted by atomic mass is 10.1. The molecule has 0 unspecified atom stereocenters. The Bertz CT molecular complexity index is 396. The molecule has 0 radical (unpaired) electrons. The zero-order chi connectivity index (χ0) is 10.6. The summed E-state index contributed by atoms with van der Waals surface area (Å²) in [6, 6.07) is 6.64. The summed E-state index contributed by atoms with van der Waals surface area (Å²) in [7, 11) is 0. The van der Waals surface area contributed by atoms with Crippen LogP contribution in [-0.2, 0) is 16.0 Å². The van der Waals surface area contributed by atoms with Crippen LogP contribution in [0.4, 0.5) is 0 Å². The molecule has 0 aliphatic rings. The molecule has 0 aliphatic carbocycles. The number of hydrogen-bond donors (Lipinski definition) is 1. The first-order valence-electron chi connectivity index (χ1n) is 3.95. The number of carbonyl (C=O) groups excluding carboxylic acids is 1. The second-order valence-corrected chi connectivity index (χ2v) is 2.75. The molecule has 1 aromatic carbocycles. The van der Waals surface area contributed by atoms with E-state index in [-0.39, 0.29) is 6.42 Å². The van der Waals surface area contributed by atoms with Crippen LogP contribution in [0.2, 0.25) is 0 Å². The lowest BCUT2D eigenvalue weighted by molar-refractivity contribution is -0.148. The first-order valence-corrected chi connectivity index (χ1v) is 3.95. The number of carbonyl (C=O) groups is 2. The van der Waals surface area contributed by atoms with E-state index in [1.54, 1.807) is 24.3 Å². The highest BCUT2D eigenvalue weighted by Gasteiger charge is 2.11. The summed E-state index contributed by atoms with van der Waals surface area (Å²) in [6.45, 7) is 0. The predicted molar refractivity (Wildman–Crippen MR) is 50.7 cm³/mol. The van der Waals surface area contributed by atoms with Crippen molar-refractivity contribution in [1.29, 1.82) is 0 Å². The third-order valence-corrected chi connectivity index (χ3v) is 1.72. The summed E-state index contributed by atoms with van der Waals surface area (Å²) in [5.41, 5.74) is 1.35.